The zero-order valence-corrected chi connectivity index (χ0v) is 13.3. The number of amides is 1. The molecule has 1 amide bonds. The van der Waals surface area contributed by atoms with E-state index in [9.17, 15) is 14.9 Å². The summed E-state index contributed by atoms with van der Waals surface area (Å²) >= 11 is 0. The van der Waals surface area contributed by atoms with Gasteiger partial charge in [0.25, 0.3) is 5.69 Å². The average molecular weight is 326 g/mol. The number of hydrogen-bond donors (Lipinski definition) is 0. The van der Waals surface area contributed by atoms with Gasteiger partial charge >= 0.3 is 6.09 Å². The number of benzene rings is 2. The van der Waals surface area contributed by atoms with Gasteiger partial charge in [-0.05, 0) is 18.1 Å². The van der Waals surface area contributed by atoms with E-state index in [1.807, 2.05) is 37.3 Å². The predicted octanol–water partition coefficient (Wildman–Crippen LogP) is 3.72. The van der Waals surface area contributed by atoms with E-state index >= 15 is 0 Å². The van der Waals surface area contributed by atoms with Crippen molar-refractivity contribution in [2.24, 2.45) is 0 Å². The highest BCUT2D eigenvalue weighted by atomic mass is 16.6. The summed E-state index contributed by atoms with van der Waals surface area (Å²) in [4.78, 5) is 24.1. The second kappa shape index (κ2) is 6.70. The SMILES string of the molecule is CC(c1ccccc1)N1CC(Cc2ccc([N+](=O)[O-])cc2)OC1=O. The molecule has 2 atom stereocenters. The average Bonchev–Trinajstić information content (AvgIpc) is 2.95. The Morgan fingerprint density at radius 1 is 1.21 bits per heavy atom. The van der Waals surface area contributed by atoms with Gasteiger partial charge in [0, 0.05) is 18.6 Å². The highest BCUT2D eigenvalue weighted by molar-refractivity contribution is 5.70. The number of carbonyl (C=O) groups is 1. The first-order valence-corrected chi connectivity index (χ1v) is 7.80. The van der Waals surface area contributed by atoms with E-state index in [0.717, 1.165) is 11.1 Å². The van der Waals surface area contributed by atoms with Crippen molar-refractivity contribution >= 4 is 11.8 Å². The number of nitro groups is 1. The lowest BCUT2D eigenvalue weighted by Crippen LogP contribution is -2.28. The molecule has 124 valence electrons. The molecule has 6 heteroatoms. The molecule has 0 saturated carbocycles. The van der Waals surface area contributed by atoms with Crippen LogP contribution in [0.4, 0.5) is 10.5 Å². The molecule has 2 aromatic carbocycles. The Morgan fingerprint density at radius 3 is 2.50 bits per heavy atom. The van der Waals surface area contributed by atoms with Gasteiger partial charge in [-0.25, -0.2) is 4.79 Å². The monoisotopic (exact) mass is 326 g/mol. The molecule has 1 aliphatic heterocycles. The first kappa shape index (κ1) is 16.0. The van der Waals surface area contributed by atoms with Gasteiger partial charge in [0.2, 0.25) is 0 Å². The second-order valence-corrected chi connectivity index (χ2v) is 5.87. The van der Waals surface area contributed by atoms with E-state index in [0.29, 0.717) is 13.0 Å². The summed E-state index contributed by atoms with van der Waals surface area (Å²) in [5, 5.41) is 10.7. The van der Waals surface area contributed by atoms with Crippen molar-refractivity contribution < 1.29 is 14.5 Å². The maximum Gasteiger partial charge on any atom is 0.410 e. The lowest BCUT2D eigenvalue weighted by Gasteiger charge is -2.22. The van der Waals surface area contributed by atoms with Crippen molar-refractivity contribution in [3.05, 3.63) is 75.8 Å². The number of cyclic esters (lactones) is 1. The molecule has 1 fully saturated rings. The maximum atomic E-state index is 12.1. The first-order valence-electron chi connectivity index (χ1n) is 7.80. The minimum absolute atomic E-state index is 0.0550. The first-order chi connectivity index (χ1) is 11.5. The van der Waals surface area contributed by atoms with Gasteiger partial charge < -0.3 is 4.74 Å². The summed E-state index contributed by atoms with van der Waals surface area (Å²) in [6.45, 7) is 2.48. The Kier molecular flexibility index (Phi) is 4.46. The Labute approximate surface area is 139 Å². The maximum absolute atomic E-state index is 12.1. The van der Waals surface area contributed by atoms with Crippen LogP contribution in [0.3, 0.4) is 0 Å². The van der Waals surface area contributed by atoms with E-state index in [1.54, 1.807) is 17.0 Å². The van der Waals surface area contributed by atoms with Crippen LogP contribution in [0.5, 0.6) is 0 Å². The molecule has 1 aliphatic rings. The standard InChI is InChI=1S/C18H18N2O4/c1-13(15-5-3-2-4-6-15)19-12-17(24-18(19)21)11-14-7-9-16(10-8-14)20(22)23/h2-10,13,17H,11-12H2,1H3. The smallest absolute Gasteiger partial charge is 0.410 e. The molecular weight excluding hydrogens is 308 g/mol. The lowest BCUT2D eigenvalue weighted by atomic mass is 10.1. The molecule has 1 heterocycles. The fourth-order valence-electron chi connectivity index (χ4n) is 2.89. The zero-order valence-electron chi connectivity index (χ0n) is 13.3. The third-order valence-corrected chi connectivity index (χ3v) is 4.26. The van der Waals surface area contributed by atoms with Crippen molar-refractivity contribution in [1.82, 2.24) is 4.90 Å². The summed E-state index contributed by atoms with van der Waals surface area (Å²) in [5.74, 6) is 0. The number of nitro benzene ring substituents is 1. The zero-order chi connectivity index (χ0) is 17.1. The van der Waals surface area contributed by atoms with E-state index in [-0.39, 0.29) is 23.9 Å². The molecule has 0 spiro atoms. The van der Waals surface area contributed by atoms with Crippen molar-refractivity contribution in [2.45, 2.75) is 25.5 Å². The predicted molar refractivity (Wildman–Crippen MR) is 88.6 cm³/mol. The third-order valence-electron chi connectivity index (χ3n) is 4.26. The van der Waals surface area contributed by atoms with Crippen LogP contribution in [0.1, 0.15) is 24.1 Å². The van der Waals surface area contributed by atoms with Crippen LogP contribution >= 0.6 is 0 Å². The number of ether oxygens (including phenoxy) is 1. The Balaban J connectivity index is 1.65. The number of non-ortho nitro benzene ring substituents is 1. The lowest BCUT2D eigenvalue weighted by molar-refractivity contribution is -0.384. The molecule has 0 aromatic heterocycles. The third kappa shape index (κ3) is 3.37. The Bertz CT molecular complexity index is 730. The van der Waals surface area contributed by atoms with Crippen LogP contribution in [-0.2, 0) is 11.2 Å². The van der Waals surface area contributed by atoms with Crippen molar-refractivity contribution in [2.75, 3.05) is 6.54 Å². The van der Waals surface area contributed by atoms with Gasteiger partial charge in [0.1, 0.15) is 6.10 Å². The highest BCUT2D eigenvalue weighted by Gasteiger charge is 2.34. The number of nitrogens with zero attached hydrogens (tertiary/aromatic N) is 2. The molecule has 0 N–H and O–H groups in total. The summed E-state index contributed by atoms with van der Waals surface area (Å²) < 4.78 is 5.45. The van der Waals surface area contributed by atoms with Gasteiger partial charge in [-0.15, -0.1) is 0 Å². The van der Waals surface area contributed by atoms with E-state index < -0.39 is 4.92 Å². The van der Waals surface area contributed by atoms with Gasteiger partial charge in [-0.1, -0.05) is 42.5 Å². The van der Waals surface area contributed by atoms with E-state index in [1.165, 1.54) is 12.1 Å². The van der Waals surface area contributed by atoms with Gasteiger partial charge in [-0.3, -0.25) is 15.0 Å². The van der Waals surface area contributed by atoms with Crippen molar-refractivity contribution in [3.63, 3.8) is 0 Å². The fraction of sp³-hybridized carbons (Fsp3) is 0.278. The summed E-state index contributed by atoms with van der Waals surface area (Å²) in [7, 11) is 0. The summed E-state index contributed by atoms with van der Waals surface area (Å²) in [6.07, 6.45) is -0.0229. The molecule has 3 rings (SSSR count). The molecule has 0 bridgehead atoms. The van der Waals surface area contributed by atoms with Crippen LogP contribution < -0.4 is 0 Å². The normalized spacial score (nSPS) is 18.3. The largest absolute Gasteiger partial charge is 0.444 e. The minimum atomic E-state index is -0.428. The van der Waals surface area contributed by atoms with E-state index in [4.69, 9.17) is 4.74 Å². The molecule has 2 unspecified atom stereocenters. The molecule has 0 aliphatic carbocycles. The number of carbonyl (C=O) groups excluding carboxylic acids is 1. The topological polar surface area (TPSA) is 72.7 Å². The van der Waals surface area contributed by atoms with Crippen LogP contribution in [0.25, 0.3) is 0 Å². The second-order valence-electron chi connectivity index (χ2n) is 5.87. The quantitative estimate of drug-likeness (QED) is 0.620. The van der Waals surface area contributed by atoms with Gasteiger partial charge in [-0.2, -0.15) is 0 Å². The molecule has 1 saturated heterocycles. The van der Waals surface area contributed by atoms with Gasteiger partial charge in [0.05, 0.1) is 17.5 Å². The Hall–Kier alpha value is -2.89. The Morgan fingerprint density at radius 2 is 1.88 bits per heavy atom. The summed E-state index contributed by atoms with van der Waals surface area (Å²) in [5.41, 5.74) is 2.03. The number of hydrogen-bond acceptors (Lipinski definition) is 4. The van der Waals surface area contributed by atoms with Crippen LogP contribution in [-0.4, -0.2) is 28.6 Å². The van der Waals surface area contributed by atoms with Crippen LogP contribution in [0.15, 0.2) is 54.6 Å². The van der Waals surface area contributed by atoms with Gasteiger partial charge in [0.15, 0.2) is 0 Å². The molecule has 24 heavy (non-hydrogen) atoms. The van der Waals surface area contributed by atoms with Crippen molar-refractivity contribution in [3.8, 4) is 0 Å². The summed E-state index contributed by atoms with van der Waals surface area (Å²) in [6, 6.07) is 16.1. The van der Waals surface area contributed by atoms with E-state index in [2.05, 4.69) is 0 Å². The number of rotatable bonds is 5. The van der Waals surface area contributed by atoms with Crippen LogP contribution in [0.2, 0.25) is 0 Å². The highest BCUT2D eigenvalue weighted by Crippen LogP contribution is 2.27. The minimum Gasteiger partial charge on any atom is -0.444 e. The fourth-order valence-corrected chi connectivity index (χ4v) is 2.89. The molecular formula is C18H18N2O4. The van der Waals surface area contributed by atoms with Crippen molar-refractivity contribution in [1.29, 1.82) is 0 Å². The van der Waals surface area contributed by atoms with Crippen LogP contribution in [0, 0.1) is 10.1 Å². The molecule has 6 nitrogen and oxygen atoms in total. The molecule has 0 radical (unpaired) electrons. The molecule has 2 aromatic rings.